The van der Waals surface area contributed by atoms with Gasteiger partial charge in [0, 0.05) is 17.1 Å². The highest BCUT2D eigenvalue weighted by Crippen LogP contribution is 2.35. The molecule has 0 radical (unpaired) electrons. The van der Waals surface area contributed by atoms with Crippen molar-refractivity contribution in [2.24, 2.45) is 0 Å². The molecule has 0 unspecified atom stereocenters. The first-order valence-electron chi connectivity index (χ1n) is 8.07. The molecule has 132 valence electrons. The van der Waals surface area contributed by atoms with Gasteiger partial charge < -0.3 is 19.2 Å². The normalized spacial score (nSPS) is 12.7. The van der Waals surface area contributed by atoms with Gasteiger partial charge in [-0.15, -0.1) is 0 Å². The molecule has 1 aliphatic heterocycles. The number of hydrogen-bond donors (Lipinski definition) is 1. The fourth-order valence-corrected chi connectivity index (χ4v) is 2.92. The Morgan fingerprint density at radius 1 is 1.12 bits per heavy atom. The zero-order valence-corrected chi connectivity index (χ0v) is 14.5. The third-order valence-electron chi connectivity index (χ3n) is 3.93. The van der Waals surface area contributed by atoms with E-state index in [-0.39, 0.29) is 11.6 Å². The summed E-state index contributed by atoms with van der Waals surface area (Å²) in [6.45, 7) is 1.35. The number of benzene rings is 2. The number of hydrogen-bond acceptors (Lipinski definition) is 5. The number of nitrogens with one attached hydrogen (secondary N) is 1. The summed E-state index contributed by atoms with van der Waals surface area (Å²) in [5.41, 5.74) is 1.80. The molecule has 0 saturated carbocycles. The van der Waals surface area contributed by atoms with Crippen LogP contribution >= 0.6 is 11.6 Å². The Kier molecular flexibility index (Phi) is 4.50. The van der Waals surface area contributed by atoms with Crippen LogP contribution in [0.25, 0.3) is 11.3 Å². The van der Waals surface area contributed by atoms with Crippen LogP contribution in [0, 0.1) is 0 Å². The zero-order chi connectivity index (χ0) is 17.9. The summed E-state index contributed by atoms with van der Waals surface area (Å²) in [5, 5.41) is 3.45. The highest BCUT2D eigenvalue weighted by Gasteiger charge is 2.20. The lowest BCUT2D eigenvalue weighted by Gasteiger charge is -2.18. The largest absolute Gasteiger partial charge is 0.486 e. The fourth-order valence-electron chi connectivity index (χ4n) is 2.71. The third kappa shape index (κ3) is 3.36. The Morgan fingerprint density at radius 3 is 2.81 bits per heavy atom. The van der Waals surface area contributed by atoms with E-state index in [1.807, 2.05) is 18.2 Å². The topological polar surface area (TPSA) is 73.6 Å². The summed E-state index contributed by atoms with van der Waals surface area (Å²) >= 11 is 5.96. The predicted molar refractivity (Wildman–Crippen MR) is 95.6 cm³/mol. The van der Waals surface area contributed by atoms with Gasteiger partial charge >= 0.3 is 0 Å². The first kappa shape index (κ1) is 16.5. The zero-order valence-electron chi connectivity index (χ0n) is 13.7. The number of halogens is 1. The van der Waals surface area contributed by atoms with Gasteiger partial charge in [0.2, 0.25) is 0 Å². The average Bonchev–Trinajstić information content (AvgIpc) is 3.16. The van der Waals surface area contributed by atoms with Gasteiger partial charge in [-0.25, -0.2) is 4.98 Å². The summed E-state index contributed by atoms with van der Waals surface area (Å²) in [6, 6.07) is 12.7. The number of aromatic nitrogens is 1. The molecular formula is C19H15ClN2O4. The van der Waals surface area contributed by atoms with Gasteiger partial charge in [-0.1, -0.05) is 23.7 Å². The van der Waals surface area contributed by atoms with Crippen LogP contribution in [-0.2, 0) is 6.54 Å². The number of nitrogens with zero attached hydrogens (tertiary/aromatic N) is 1. The van der Waals surface area contributed by atoms with Crippen LogP contribution in [0.1, 0.15) is 16.1 Å². The first-order valence-corrected chi connectivity index (χ1v) is 8.44. The van der Waals surface area contributed by atoms with Gasteiger partial charge in [-0.05, 0) is 35.9 Å². The fraction of sp³-hybridized carbons (Fsp3) is 0.158. The summed E-state index contributed by atoms with van der Waals surface area (Å²) < 4.78 is 16.5. The summed E-state index contributed by atoms with van der Waals surface area (Å²) in [5.74, 6) is 1.34. The number of carbonyl (C=O) groups is 1. The van der Waals surface area contributed by atoms with Crippen molar-refractivity contribution in [2.45, 2.75) is 6.54 Å². The molecule has 1 aliphatic rings. The summed E-state index contributed by atoms with van der Waals surface area (Å²) in [6.07, 6.45) is 1.25. The molecule has 1 N–H and O–H groups in total. The second-order valence-electron chi connectivity index (χ2n) is 5.70. The quantitative estimate of drug-likeness (QED) is 0.758. The maximum absolute atomic E-state index is 12.5. The summed E-state index contributed by atoms with van der Waals surface area (Å²) in [7, 11) is 0. The van der Waals surface area contributed by atoms with E-state index in [0.29, 0.717) is 47.6 Å². The molecule has 0 atom stereocenters. The highest BCUT2D eigenvalue weighted by atomic mass is 35.5. The van der Waals surface area contributed by atoms with Crippen molar-refractivity contribution >= 4 is 17.5 Å². The number of carbonyl (C=O) groups excluding carboxylic acids is 1. The van der Waals surface area contributed by atoms with Gasteiger partial charge in [0.15, 0.2) is 29.3 Å². The van der Waals surface area contributed by atoms with Crippen molar-refractivity contribution in [1.29, 1.82) is 0 Å². The van der Waals surface area contributed by atoms with Crippen molar-refractivity contribution in [3.05, 3.63) is 65.1 Å². The van der Waals surface area contributed by atoms with Gasteiger partial charge in [-0.3, -0.25) is 4.79 Å². The molecule has 1 amide bonds. The molecule has 0 aliphatic carbocycles. The van der Waals surface area contributed by atoms with Crippen molar-refractivity contribution < 1.29 is 18.7 Å². The SMILES string of the molecule is O=C(NCc1cccc(Cl)c1)c1ncoc1-c1ccc2c(c1)OCCO2. The lowest BCUT2D eigenvalue weighted by atomic mass is 10.1. The first-order chi connectivity index (χ1) is 12.7. The maximum Gasteiger partial charge on any atom is 0.274 e. The molecule has 0 fully saturated rings. The van der Waals surface area contributed by atoms with Gasteiger partial charge in [-0.2, -0.15) is 0 Å². The van der Waals surface area contributed by atoms with Crippen LogP contribution < -0.4 is 14.8 Å². The van der Waals surface area contributed by atoms with E-state index in [2.05, 4.69) is 10.3 Å². The number of amides is 1. The Labute approximate surface area is 154 Å². The molecule has 2 aromatic carbocycles. The monoisotopic (exact) mass is 370 g/mol. The van der Waals surface area contributed by atoms with Crippen molar-refractivity contribution in [1.82, 2.24) is 10.3 Å². The smallest absolute Gasteiger partial charge is 0.274 e. The number of oxazole rings is 1. The Hall–Kier alpha value is -2.99. The lowest BCUT2D eigenvalue weighted by molar-refractivity contribution is 0.0946. The van der Waals surface area contributed by atoms with E-state index in [4.69, 9.17) is 25.5 Å². The van der Waals surface area contributed by atoms with Crippen molar-refractivity contribution in [3.8, 4) is 22.8 Å². The molecule has 26 heavy (non-hydrogen) atoms. The van der Waals surface area contributed by atoms with Crippen LogP contribution in [0.15, 0.2) is 53.3 Å². The Bertz CT molecular complexity index is 954. The number of ether oxygens (including phenoxy) is 2. The maximum atomic E-state index is 12.5. The van der Waals surface area contributed by atoms with Crippen LogP contribution in [0.2, 0.25) is 5.02 Å². The van der Waals surface area contributed by atoms with Gasteiger partial charge in [0.1, 0.15) is 13.2 Å². The minimum absolute atomic E-state index is 0.212. The molecule has 7 heteroatoms. The van der Waals surface area contributed by atoms with E-state index in [9.17, 15) is 4.79 Å². The van der Waals surface area contributed by atoms with Gasteiger partial charge in [0.05, 0.1) is 0 Å². The molecule has 3 aromatic rings. The van der Waals surface area contributed by atoms with Crippen LogP contribution in [0.3, 0.4) is 0 Å². The number of fused-ring (bicyclic) bond motifs is 1. The van der Waals surface area contributed by atoms with Gasteiger partial charge in [0.25, 0.3) is 5.91 Å². The summed E-state index contributed by atoms with van der Waals surface area (Å²) in [4.78, 5) is 16.6. The molecule has 0 spiro atoms. The van der Waals surface area contributed by atoms with Crippen molar-refractivity contribution in [2.75, 3.05) is 13.2 Å². The molecule has 0 saturated heterocycles. The molecule has 6 nitrogen and oxygen atoms in total. The van der Waals surface area contributed by atoms with Crippen LogP contribution in [0.4, 0.5) is 0 Å². The van der Waals surface area contributed by atoms with E-state index in [1.54, 1.807) is 24.3 Å². The molecule has 1 aromatic heterocycles. The number of rotatable bonds is 4. The highest BCUT2D eigenvalue weighted by molar-refractivity contribution is 6.30. The second kappa shape index (κ2) is 7.09. The van der Waals surface area contributed by atoms with Crippen LogP contribution in [0.5, 0.6) is 11.5 Å². The second-order valence-corrected chi connectivity index (χ2v) is 6.14. The lowest BCUT2D eigenvalue weighted by Crippen LogP contribution is -2.23. The minimum atomic E-state index is -0.330. The molecule has 4 rings (SSSR count). The van der Waals surface area contributed by atoms with E-state index in [0.717, 1.165) is 5.56 Å². The minimum Gasteiger partial charge on any atom is -0.486 e. The molecular weight excluding hydrogens is 356 g/mol. The standard InChI is InChI=1S/C19H15ClN2O4/c20-14-3-1-2-12(8-14)10-21-19(23)17-18(26-11-22-17)13-4-5-15-16(9-13)25-7-6-24-15/h1-5,8-9,11H,6-7,10H2,(H,21,23). The Morgan fingerprint density at radius 2 is 1.96 bits per heavy atom. The van der Waals surface area contributed by atoms with Crippen LogP contribution in [-0.4, -0.2) is 24.1 Å². The molecule has 2 heterocycles. The third-order valence-corrected chi connectivity index (χ3v) is 4.16. The Balaban J connectivity index is 1.54. The van der Waals surface area contributed by atoms with E-state index in [1.165, 1.54) is 6.39 Å². The molecule has 0 bridgehead atoms. The van der Waals surface area contributed by atoms with E-state index < -0.39 is 0 Å². The van der Waals surface area contributed by atoms with E-state index >= 15 is 0 Å². The predicted octanol–water partition coefficient (Wildman–Crippen LogP) is 3.70. The average molecular weight is 371 g/mol. The van der Waals surface area contributed by atoms with Crippen molar-refractivity contribution in [3.63, 3.8) is 0 Å².